The summed E-state index contributed by atoms with van der Waals surface area (Å²) in [6.45, 7) is 5.66. The highest BCUT2D eigenvalue weighted by atomic mass is 16.5. The number of piperidine rings is 1. The maximum atomic E-state index is 6.13. The van der Waals surface area contributed by atoms with Gasteiger partial charge in [0.05, 0.1) is 12.6 Å². The predicted molar refractivity (Wildman–Crippen MR) is 125 cm³/mol. The number of guanidine groups is 1. The second-order valence-corrected chi connectivity index (χ2v) is 8.13. The van der Waals surface area contributed by atoms with Crippen molar-refractivity contribution in [1.29, 1.82) is 0 Å². The molecule has 0 aromatic heterocycles. The van der Waals surface area contributed by atoms with E-state index < -0.39 is 0 Å². The van der Waals surface area contributed by atoms with Crippen LogP contribution in [-0.2, 0) is 17.8 Å². The number of nitrogens with zero attached hydrogens (tertiary/aromatic N) is 3. The molecule has 1 fully saturated rings. The van der Waals surface area contributed by atoms with Crippen molar-refractivity contribution in [1.82, 2.24) is 15.1 Å². The zero-order valence-corrected chi connectivity index (χ0v) is 18.5. The minimum Gasteiger partial charge on any atom is -0.378 e. The van der Waals surface area contributed by atoms with Gasteiger partial charge in [-0.3, -0.25) is 4.90 Å². The van der Waals surface area contributed by atoms with Crippen molar-refractivity contribution in [2.45, 2.75) is 38.5 Å². The number of nitrogens with one attached hydrogen (secondary N) is 1. The average molecular weight is 409 g/mol. The maximum Gasteiger partial charge on any atom is 0.193 e. The molecule has 1 saturated heterocycles. The number of ether oxygens (including phenoxy) is 1. The predicted octanol–water partition coefficient (Wildman–Crippen LogP) is 3.77. The number of rotatable bonds is 9. The summed E-state index contributed by atoms with van der Waals surface area (Å²) in [7, 11) is 4.05. The molecule has 0 saturated carbocycles. The third kappa shape index (κ3) is 7.81. The normalized spacial score (nSPS) is 15.9. The van der Waals surface area contributed by atoms with Crippen molar-refractivity contribution in [2.24, 2.45) is 4.99 Å². The molecule has 5 heteroatoms. The standard InChI is InChI=1S/C25H36N4O/c1-28(2)25(27-20-22-10-5-3-6-11-22)26-16-9-19-30-24-14-17-29(18-15-24)21-23-12-7-4-8-13-23/h3-8,10-13,24H,9,14-21H2,1-2H3,(H,26,27). The van der Waals surface area contributed by atoms with Crippen molar-refractivity contribution in [3.63, 3.8) is 0 Å². The molecule has 1 heterocycles. The van der Waals surface area contributed by atoms with Gasteiger partial charge in [-0.2, -0.15) is 0 Å². The Labute approximate surface area is 181 Å². The highest BCUT2D eigenvalue weighted by Crippen LogP contribution is 2.16. The summed E-state index contributed by atoms with van der Waals surface area (Å²) in [6.07, 6.45) is 3.64. The molecule has 0 unspecified atom stereocenters. The van der Waals surface area contributed by atoms with Crippen LogP contribution in [0.3, 0.4) is 0 Å². The Bertz CT molecular complexity index is 740. The molecule has 0 amide bonds. The zero-order valence-electron chi connectivity index (χ0n) is 18.5. The first kappa shape index (κ1) is 22.3. The maximum absolute atomic E-state index is 6.13. The first-order valence-electron chi connectivity index (χ1n) is 11.1. The van der Waals surface area contributed by atoms with E-state index in [1.807, 2.05) is 25.1 Å². The van der Waals surface area contributed by atoms with Crippen molar-refractivity contribution < 1.29 is 4.74 Å². The van der Waals surface area contributed by atoms with Crippen LogP contribution in [0.25, 0.3) is 0 Å². The van der Waals surface area contributed by atoms with Crippen LogP contribution in [0.4, 0.5) is 0 Å². The van der Waals surface area contributed by atoms with Crippen molar-refractivity contribution in [2.75, 3.05) is 40.3 Å². The van der Waals surface area contributed by atoms with Gasteiger partial charge in [-0.05, 0) is 30.4 Å². The molecule has 0 bridgehead atoms. The summed E-state index contributed by atoms with van der Waals surface area (Å²) < 4.78 is 6.13. The molecule has 0 spiro atoms. The summed E-state index contributed by atoms with van der Waals surface area (Å²) >= 11 is 0. The first-order chi connectivity index (χ1) is 14.7. The fourth-order valence-electron chi connectivity index (χ4n) is 3.70. The molecular formula is C25H36N4O. The SMILES string of the molecule is CN(C)C(=NCc1ccccc1)NCCCOC1CCN(Cc2ccccc2)CC1. The molecule has 1 N–H and O–H groups in total. The second kappa shape index (κ2) is 12.4. The van der Waals surface area contributed by atoms with E-state index in [2.05, 4.69) is 64.8 Å². The summed E-state index contributed by atoms with van der Waals surface area (Å²) in [5, 5.41) is 3.45. The van der Waals surface area contributed by atoms with Crippen molar-refractivity contribution in [3.05, 3.63) is 71.8 Å². The van der Waals surface area contributed by atoms with Gasteiger partial charge >= 0.3 is 0 Å². The summed E-state index contributed by atoms with van der Waals surface area (Å²) in [5.74, 6) is 0.924. The third-order valence-electron chi connectivity index (χ3n) is 5.42. The molecule has 0 aliphatic carbocycles. The molecule has 2 aromatic rings. The van der Waals surface area contributed by atoms with Crippen molar-refractivity contribution in [3.8, 4) is 0 Å². The molecule has 2 aromatic carbocycles. The molecule has 30 heavy (non-hydrogen) atoms. The minimum atomic E-state index is 0.400. The van der Waals surface area contributed by atoms with E-state index in [4.69, 9.17) is 9.73 Å². The number of likely N-dealkylation sites (tertiary alicyclic amines) is 1. The van der Waals surface area contributed by atoms with Gasteiger partial charge in [-0.1, -0.05) is 60.7 Å². The number of hydrogen-bond donors (Lipinski definition) is 1. The second-order valence-electron chi connectivity index (χ2n) is 8.13. The van der Waals surface area contributed by atoms with Crippen LogP contribution < -0.4 is 5.32 Å². The Morgan fingerprint density at radius 3 is 2.27 bits per heavy atom. The van der Waals surface area contributed by atoms with Gasteiger partial charge in [-0.15, -0.1) is 0 Å². The van der Waals surface area contributed by atoms with Crippen LogP contribution in [-0.4, -0.2) is 62.2 Å². The zero-order chi connectivity index (χ0) is 21.0. The third-order valence-corrected chi connectivity index (χ3v) is 5.42. The van der Waals surface area contributed by atoms with Gasteiger partial charge in [0.15, 0.2) is 5.96 Å². The Morgan fingerprint density at radius 1 is 1.00 bits per heavy atom. The number of benzene rings is 2. The van der Waals surface area contributed by atoms with Crippen molar-refractivity contribution >= 4 is 5.96 Å². The lowest BCUT2D eigenvalue weighted by Gasteiger charge is -2.32. The van der Waals surface area contributed by atoms with Gasteiger partial charge in [0.2, 0.25) is 0 Å². The van der Waals surface area contributed by atoms with Gasteiger partial charge in [0.25, 0.3) is 0 Å². The lowest BCUT2D eigenvalue weighted by molar-refractivity contribution is 0.00532. The topological polar surface area (TPSA) is 40.1 Å². The van der Waals surface area contributed by atoms with E-state index in [-0.39, 0.29) is 0 Å². The summed E-state index contributed by atoms with van der Waals surface area (Å²) in [5.41, 5.74) is 2.62. The van der Waals surface area contributed by atoms with Crippen LogP contribution in [0.1, 0.15) is 30.4 Å². The fourth-order valence-corrected chi connectivity index (χ4v) is 3.70. The van der Waals surface area contributed by atoms with Crippen LogP contribution in [0, 0.1) is 0 Å². The van der Waals surface area contributed by atoms with E-state index in [1.165, 1.54) is 11.1 Å². The minimum absolute atomic E-state index is 0.400. The average Bonchev–Trinajstić information content (AvgIpc) is 2.78. The number of hydrogen-bond acceptors (Lipinski definition) is 3. The Kier molecular flexibility index (Phi) is 9.19. The number of aliphatic imine (C=N–C) groups is 1. The lowest BCUT2D eigenvalue weighted by atomic mass is 10.1. The molecule has 1 aliphatic heterocycles. The van der Waals surface area contributed by atoms with Gasteiger partial charge in [-0.25, -0.2) is 4.99 Å². The molecule has 5 nitrogen and oxygen atoms in total. The van der Waals surface area contributed by atoms with Crippen LogP contribution in [0.2, 0.25) is 0 Å². The van der Waals surface area contributed by atoms with E-state index in [1.54, 1.807) is 0 Å². The monoisotopic (exact) mass is 408 g/mol. The van der Waals surface area contributed by atoms with Gasteiger partial charge in [0, 0.05) is 46.9 Å². The lowest BCUT2D eigenvalue weighted by Crippen LogP contribution is -2.38. The molecular weight excluding hydrogens is 372 g/mol. The van der Waals surface area contributed by atoms with E-state index in [0.717, 1.165) is 58.0 Å². The van der Waals surface area contributed by atoms with Gasteiger partial charge < -0.3 is 15.0 Å². The molecule has 3 rings (SSSR count). The molecule has 0 radical (unpaired) electrons. The fraction of sp³-hybridized carbons (Fsp3) is 0.480. The largest absolute Gasteiger partial charge is 0.378 e. The Balaban J connectivity index is 1.29. The summed E-state index contributed by atoms with van der Waals surface area (Å²) in [6, 6.07) is 21.1. The first-order valence-corrected chi connectivity index (χ1v) is 11.1. The smallest absolute Gasteiger partial charge is 0.193 e. The van der Waals surface area contributed by atoms with E-state index >= 15 is 0 Å². The van der Waals surface area contributed by atoms with E-state index in [0.29, 0.717) is 12.6 Å². The Morgan fingerprint density at radius 2 is 1.63 bits per heavy atom. The highest BCUT2D eigenvalue weighted by Gasteiger charge is 2.19. The highest BCUT2D eigenvalue weighted by molar-refractivity contribution is 5.79. The molecule has 0 atom stereocenters. The van der Waals surface area contributed by atoms with Crippen LogP contribution >= 0.6 is 0 Å². The molecule has 1 aliphatic rings. The quantitative estimate of drug-likeness (QED) is 0.390. The molecule has 162 valence electrons. The van der Waals surface area contributed by atoms with Crippen LogP contribution in [0.5, 0.6) is 0 Å². The van der Waals surface area contributed by atoms with Crippen LogP contribution in [0.15, 0.2) is 65.7 Å². The summed E-state index contributed by atoms with van der Waals surface area (Å²) in [4.78, 5) is 9.27. The Hall–Kier alpha value is -2.37. The van der Waals surface area contributed by atoms with E-state index in [9.17, 15) is 0 Å². The van der Waals surface area contributed by atoms with Gasteiger partial charge in [0.1, 0.15) is 0 Å².